The summed E-state index contributed by atoms with van der Waals surface area (Å²) >= 11 is 0. The Hall–Kier alpha value is 0.284. The predicted molar refractivity (Wildman–Crippen MR) is 27.0 cm³/mol. The number of carbonyl (C=O) groups is 2. The zero-order chi connectivity index (χ0) is 10.9. The van der Waals surface area contributed by atoms with E-state index in [-0.39, 0.29) is 41.3 Å². The Bertz CT molecular complexity index is 235. The molecule has 0 rings (SSSR count). The van der Waals surface area contributed by atoms with E-state index >= 15 is 0 Å². The maximum absolute atomic E-state index is 12.0. The summed E-state index contributed by atoms with van der Waals surface area (Å²) in [5.41, 5.74) is 0. The molecule has 0 amide bonds. The molecule has 0 aromatic heterocycles. The van der Waals surface area contributed by atoms with Crippen LogP contribution in [0.5, 0.6) is 0 Å². The summed E-state index contributed by atoms with van der Waals surface area (Å²) < 4.78 is 69.4. The molecule has 14 heavy (non-hydrogen) atoms. The molecule has 0 atom stereocenters. The number of rotatable bonds is 3. The number of hydrogen-bond donors (Lipinski definition) is 0. The van der Waals surface area contributed by atoms with Crippen molar-refractivity contribution in [2.75, 3.05) is 6.67 Å². The van der Waals surface area contributed by atoms with Crippen molar-refractivity contribution in [2.24, 2.45) is 0 Å². The van der Waals surface area contributed by atoms with Gasteiger partial charge in [-0.25, -0.2) is 4.39 Å². The molecule has 0 saturated heterocycles. The van der Waals surface area contributed by atoms with E-state index in [4.69, 9.17) is 0 Å². The number of Topliss-reactive ketones (excluding diaryl/α,β-unsaturated/α-hetero) is 2. The largest absolute Gasteiger partial charge is 0.456 e. The Labute approximate surface area is 107 Å². The monoisotopic (exact) mass is 349 g/mol. The van der Waals surface area contributed by atoms with E-state index in [9.17, 15) is 35.9 Å². The van der Waals surface area contributed by atoms with E-state index in [1.165, 1.54) is 0 Å². The van der Waals surface area contributed by atoms with Crippen LogP contribution in [0.1, 0.15) is 0 Å². The van der Waals surface area contributed by atoms with Gasteiger partial charge in [-0.05, 0) is 0 Å². The average Bonchev–Trinajstić information content (AvgIpc) is 1.99. The summed E-state index contributed by atoms with van der Waals surface area (Å²) in [5, 5.41) is 0. The number of halogens is 6. The van der Waals surface area contributed by atoms with Gasteiger partial charge in [-0.2, -0.15) is 22.0 Å². The van der Waals surface area contributed by atoms with Gasteiger partial charge in [-0.1, -0.05) is 0 Å². The molecule has 0 aromatic carbocycles. The van der Waals surface area contributed by atoms with E-state index in [1.54, 1.807) is 0 Å². The van der Waals surface area contributed by atoms with E-state index in [0.717, 1.165) is 0 Å². The summed E-state index contributed by atoms with van der Waals surface area (Å²) in [6.45, 7) is -2.32. The molecular formula is C5H2F6O2Pr. The molecule has 0 N–H and O–H groups in total. The summed E-state index contributed by atoms with van der Waals surface area (Å²) in [6.07, 6.45) is -5.85. The third-order valence-corrected chi connectivity index (χ3v) is 1.01. The summed E-state index contributed by atoms with van der Waals surface area (Å²) in [4.78, 5) is 19.7. The molecule has 0 spiro atoms. The molecule has 0 aromatic rings. The van der Waals surface area contributed by atoms with Crippen molar-refractivity contribution in [3.63, 3.8) is 0 Å². The first-order chi connectivity index (χ1) is 5.64. The van der Waals surface area contributed by atoms with Gasteiger partial charge < -0.3 is 0 Å². The van der Waals surface area contributed by atoms with Crippen LogP contribution in [-0.4, -0.2) is 30.3 Å². The van der Waals surface area contributed by atoms with Crippen LogP contribution in [0.25, 0.3) is 0 Å². The minimum atomic E-state index is -5.85. The van der Waals surface area contributed by atoms with Gasteiger partial charge >= 0.3 is 17.9 Å². The van der Waals surface area contributed by atoms with Crippen LogP contribution in [0, 0.1) is 41.3 Å². The predicted octanol–water partition coefficient (Wildman–Crippen LogP) is 1.29. The van der Waals surface area contributed by atoms with Gasteiger partial charge in [-0.15, -0.1) is 0 Å². The van der Waals surface area contributed by atoms with Crippen molar-refractivity contribution in [1.82, 2.24) is 0 Å². The van der Waals surface area contributed by atoms with Gasteiger partial charge in [0.25, 0.3) is 0 Å². The molecule has 1 radical (unpaired) electrons. The van der Waals surface area contributed by atoms with Gasteiger partial charge in [0.15, 0.2) is 6.67 Å². The fourth-order valence-corrected chi connectivity index (χ4v) is 0.389. The molecule has 79 valence electrons. The standard InChI is InChI=1S/C5H2F6O2.Pr/c6-1-2(12)4(7,8)3(13)5(9,10)11;/h1H2;. The molecule has 0 bridgehead atoms. The topological polar surface area (TPSA) is 34.1 Å². The summed E-state index contributed by atoms with van der Waals surface area (Å²) in [6, 6.07) is 0. The minimum Gasteiger partial charge on any atom is -0.289 e. The fraction of sp³-hybridized carbons (Fsp3) is 0.600. The first-order valence-corrected chi connectivity index (χ1v) is 2.72. The molecule has 0 aliphatic carbocycles. The maximum atomic E-state index is 12.0. The number of carbonyl (C=O) groups excluding carboxylic acids is 2. The second kappa shape index (κ2) is 5.39. The fourth-order valence-electron chi connectivity index (χ4n) is 0.389. The SMILES string of the molecule is O=C(CF)C(F)(F)C(=O)C(F)(F)F.[Pr]. The molecule has 2 nitrogen and oxygen atoms in total. The van der Waals surface area contributed by atoms with E-state index < -0.39 is 30.3 Å². The molecular weight excluding hydrogens is 347 g/mol. The van der Waals surface area contributed by atoms with Crippen molar-refractivity contribution in [1.29, 1.82) is 0 Å². The van der Waals surface area contributed by atoms with Crippen molar-refractivity contribution in [2.45, 2.75) is 12.1 Å². The van der Waals surface area contributed by atoms with E-state index in [2.05, 4.69) is 0 Å². The zero-order valence-electron chi connectivity index (χ0n) is 6.37. The van der Waals surface area contributed by atoms with Crippen LogP contribution in [0.4, 0.5) is 26.3 Å². The molecule has 0 aliphatic heterocycles. The van der Waals surface area contributed by atoms with Gasteiger partial charge in [0, 0.05) is 41.3 Å². The van der Waals surface area contributed by atoms with Gasteiger partial charge in [0.2, 0.25) is 5.78 Å². The van der Waals surface area contributed by atoms with Crippen molar-refractivity contribution < 1.29 is 77.2 Å². The van der Waals surface area contributed by atoms with Crippen LogP contribution < -0.4 is 0 Å². The average molecular weight is 349 g/mol. The first kappa shape index (κ1) is 16.7. The quantitative estimate of drug-likeness (QED) is 0.569. The van der Waals surface area contributed by atoms with Crippen LogP contribution in [-0.2, 0) is 9.59 Å². The second-order valence-corrected chi connectivity index (χ2v) is 1.96. The smallest absolute Gasteiger partial charge is 0.289 e. The minimum absolute atomic E-state index is 0. The van der Waals surface area contributed by atoms with E-state index in [1.807, 2.05) is 0 Å². The van der Waals surface area contributed by atoms with Crippen LogP contribution in [0.2, 0.25) is 0 Å². The van der Waals surface area contributed by atoms with Gasteiger partial charge in [0.05, 0.1) is 0 Å². The normalized spacial score (nSPS) is 11.9. The molecule has 0 saturated carbocycles. The van der Waals surface area contributed by atoms with Crippen molar-refractivity contribution in [3.8, 4) is 0 Å². The maximum Gasteiger partial charge on any atom is 0.456 e. The summed E-state index contributed by atoms with van der Waals surface area (Å²) in [7, 11) is 0. The number of hydrogen-bond acceptors (Lipinski definition) is 2. The summed E-state index contributed by atoms with van der Waals surface area (Å²) in [5.74, 6) is -11.6. The zero-order valence-corrected chi connectivity index (χ0v) is 10.1. The van der Waals surface area contributed by atoms with Gasteiger partial charge in [0.1, 0.15) is 0 Å². The molecule has 0 fully saturated rings. The second-order valence-electron chi connectivity index (χ2n) is 1.96. The Morgan fingerprint density at radius 2 is 1.36 bits per heavy atom. The van der Waals surface area contributed by atoms with Gasteiger partial charge in [-0.3, -0.25) is 9.59 Å². The Balaban J connectivity index is 0. The molecule has 9 heteroatoms. The van der Waals surface area contributed by atoms with Crippen LogP contribution >= 0.6 is 0 Å². The van der Waals surface area contributed by atoms with Crippen LogP contribution in [0.3, 0.4) is 0 Å². The first-order valence-electron chi connectivity index (χ1n) is 2.72. The number of alkyl halides is 6. The molecule has 0 heterocycles. The Morgan fingerprint density at radius 1 is 1.00 bits per heavy atom. The van der Waals surface area contributed by atoms with E-state index in [0.29, 0.717) is 0 Å². The van der Waals surface area contributed by atoms with Crippen molar-refractivity contribution in [3.05, 3.63) is 0 Å². The third kappa shape index (κ3) is 3.80. The molecule has 0 unspecified atom stereocenters. The Morgan fingerprint density at radius 3 is 1.57 bits per heavy atom. The Kier molecular flexibility index (Phi) is 6.43. The number of ketones is 2. The van der Waals surface area contributed by atoms with Crippen LogP contribution in [0.15, 0.2) is 0 Å². The molecule has 0 aliphatic rings. The third-order valence-electron chi connectivity index (χ3n) is 1.01. The van der Waals surface area contributed by atoms with Crippen molar-refractivity contribution >= 4 is 11.6 Å².